The van der Waals surface area contributed by atoms with Crippen LogP contribution in [0.4, 0.5) is 5.69 Å². The van der Waals surface area contributed by atoms with Gasteiger partial charge in [-0.1, -0.05) is 0 Å². The van der Waals surface area contributed by atoms with Gasteiger partial charge in [0, 0.05) is 22.2 Å². The number of ether oxygens (including phenoxy) is 2. The summed E-state index contributed by atoms with van der Waals surface area (Å²) in [6.07, 6.45) is 1.39. The zero-order valence-corrected chi connectivity index (χ0v) is 16.3. The maximum atomic E-state index is 12.3. The first-order valence-electron chi connectivity index (χ1n) is 8.41. The van der Waals surface area contributed by atoms with Crippen LogP contribution in [0.3, 0.4) is 0 Å². The fourth-order valence-corrected chi connectivity index (χ4v) is 3.43. The first-order valence-corrected chi connectivity index (χ1v) is 9.23. The van der Waals surface area contributed by atoms with Gasteiger partial charge in [-0.25, -0.2) is 10.2 Å². The number of aliphatic carboxylic acids is 1. The standard InChI is InChI=1S/C19H15N3O7S/c1-28-15-6-11(2-4-14(15)29-10-18(23)24)9-20-21-19(25)17-8-12-7-13(22(26)27)3-5-16(12)30-17/h2-9H,10H2,1H3,(H,21,25)(H,23,24). The van der Waals surface area contributed by atoms with E-state index >= 15 is 0 Å². The number of fused-ring (bicyclic) bond motifs is 1. The van der Waals surface area contributed by atoms with Crippen molar-refractivity contribution < 1.29 is 29.1 Å². The van der Waals surface area contributed by atoms with Crippen molar-refractivity contribution in [1.29, 1.82) is 0 Å². The van der Waals surface area contributed by atoms with E-state index in [0.717, 1.165) is 4.70 Å². The largest absolute Gasteiger partial charge is 0.493 e. The molecule has 2 N–H and O–H groups in total. The average Bonchev–Trinajstić information content (AvgIpc) is 3.15. The number of carbonyl (C=O) groups is 2. The van der Waals surface area contributed by atoms with Gasteiger partial charge < -0.3 is 14.6 Å². The van der Waals surface area contributed by atoms with Crippen LogP contribution in [0.2, 0.25) is 0 Å². The van der Waals surface area contributed by atoms with Crippen molar-refractivity contribution in [2.45, 2.75) is 0 Å². The maximum absolute atomic E-state index is 12.3. The molecule has 3 rings (SSSR count). The predicted octanol–water partition coefficient (Wildman–Crippen LogP) is 3.05. The monoisotopic (exact) mass is 429 g/mol. The van der Waals surface area contributed by atoms with Gasteiger partial charge >= 0.3 is 5.97 Å². The van der Waals surface area contributed by atoms with Crippen LogP contribution in [0.5, 0.6) is 11.5 Å². The SMILES string of the molecule is COc1cc(C=NNC(=O)c2cc3cc([N+](=O)[O-])ccc3s2)ccc1OCC(=O)O. The Morgan fingerprint density at radius 2 is 2.03 bits per heavy atom. The van der Waals surface area contributed by atoms with Gasteiger partial charge in [0.15, 0.2) is 18.1 Å². The zero-order valence-electron chi connectivity index (χ0n) is 15.5. The van der Waals surface area contributed by atoms with Crippen molar-refractivity contribution in [2.24, 2.45) is 5.10 Å². The normalized spacial score (nSPS) is 10.8. The highest BCUT2D eigenvalue weighted by Gasteiger charge is 2.13. The summed E-state index contributed by atoms with van der Waals surface area (Å²) in [5.41, 5.74) is 2.93. The number of hydrazone groups is 1. The average molecular weight is 429 g/mol. The van der Waals surface area contributed by atoms with Crippen LogP contribution in [0.25, 0.3) is 10.1 Å². The number of rotatable bonds is 8. The van der Waals surface area contributed by atoms with Gasteiger partial charge in [0.2, 0.25) is 0 Å². The number of non-ortho nitro benzene ring substituents is 1. The number of benzene rings is 2. The van der Waals surface area contributed by atoms with E-state index in [-0.39, 0.29) is 11.4 Å². The molecule has 3 aromatic rings. The number of methoxy groups -OCH3 is 1. The topological polar surface area (TPSA) is 140 Å². The maximum Gasteiger partial charge on any atom is 0.341 e. The van der Waals surface area contributed by atoms with Crippen LogP contribution in [0.15, 0.2) is 47.6 Å². The van der Waals surface area contributed by atoms with Crippen molar-refractivity contribution in [1.82, 2.24) is 5.43 Å². The van der Waals surface area contributed by atoms with Gasteiger partial charge in [-0.3, -0.25) is 14.9 Å². The highest BCUT2D eigenvalue weighted by atomic mass is 32.1. The molecule has 1 aromatic heterocycles. The summed E-state index contributed by atoms with van der Waals surface area (Å²) in [5, 5.41) is 24.0. The van der Waals surface area contributed by atoms with Crippen molar-refractivity contribution in [2.75, 3.05) is 13.7 Å². The van der Waals surface area contributed by atoms with Crippen molar-refractivity contribution in [3.8, 4) is 11.5 Å². The zero-order chi connectivity index (χ0) is 21.7. The summed E-state index contributed by atoms with van der Waals surface area (Å²) in [6, 6.07) is 10.7. The molecule has 0 unspecified atom stereocenters. The van der Waals surface area contributed by atoms with Gasteiger partial charge in [-0.05, 0) is 35.9 Å². The molecule has 1 amide bonds. The number of carboxylic acid groups (broad SMARTS) is 1. The van der Waals surface area contributed by atoms with Gasteiger partial charge in [-0.15, -0.1) is 11.3 Å². The Morgan fingerprint density at radius 3 is 2.73 bits per heavy atom. The molecule has 1 heterocycles. The second kappa shape index (κ2) is 9.01. The van der Waals surface area contributed by atoms with E-state index < -0.39 is 23.4 Å². The van der Waals surface area contributed by atoms with Crippen LogP contribution in [-0.4, -0.2) is 41.8 Å². The minimum Gasteiger partial charge on any atom is -0.493 e. The van der Waals surface area contributed by atoms with E-state index in [2.05, 4.69) is 10.5 Å². The van der Waals surface area contributed by atoms with Crippen LogP contribution >= 0.6 is 11.3 Å². The number of carbonyl (C=O) groups excluding carboxylic acids is 1. The first-order chi connectivity index (χ1) is 14.4. The minimum atomic E-state index is -1.11. The summed E-state index contributed by atoms with van der Waals surface area (Å²) in [6.45, 7) is -0.502. The van der Waals surface area contributed by atoms with Crippen LogP contribution in [0, 0.1) is 10.1 Å². The number of hydrogen-bond acceptors (Lipinski definition) is 8. The van der Waals surface area contributed by atoms with E-state index in [1.54, 1.807) is 24.3 Å². The third-order valence-corrected chi connectivity index (χ3v) is 4.97. The quantitative estimate of drug-likeness (QED) is 0.318. The molecular weight excluding hydrogens is 414 g/mol. The fraction of sp³-hybridized carbons (Fsp3) is 0.105. The lowest BCUT2D eigenvalue weighted by Gasteiger charge is -2.09. The number of nitrogens with zero attached hydrogens (tertiary/aromatic N) is 2. The lowest BCUT2D eigenvalue weighted by molar-refractivity contribution is -0.384. The first kappa shape index (κ1) is 20.7. The molecule has 0 aliphatic carbocycles. The highest BCUT2D eigenvalue weighted by molar-refractivity contribution is 7.20. The third kappa shape index (κ3) is 4.89. The Hall–Kier alpha value is -3.99. The molecular formula is C19H15N3O7S. The molecule has 0 fully saturated rings. The van der Waals surface area contributed by atoms with Gasteiger partial charge in [0.25, 0.3) is 11.6 Å². The Balaban J connectivity index is 1.68. The summed E-state index contributed by atoms with van der Waals surface area (Å²) >= 11 is 1.19. The van der Waals surface area contributed by atoms with E-state index in [0.29, 0.717) is 21.6 Å². The Bertz CT molecular complexity index is 1160. The van der Waals surface area contributed by atoms with Crippen LogP contribution in [0.1, 0.15) is 15.2 Å². The van der Waals surface area contributed by atoms with Crippen LogP contribution < -0.4 is 14.9 Å². The minimum absolute atomic E-state index is 0.0463. The van der Waals surface area contributed by atoms with E-state index in [4.69, 9.17) is 14.6 Å². The number of nitrogens with one attached hydrogen (secondary N) is 1. The molecule has 0 bridgehead atoms. The molecule has 11 heteroatoms. The van der Waals surface area contributed by atoms with Gasteiger partial charge in [0.1, 0.15) is 0 Å². The number of thiophene rings is 1. The molecule has 0 aliphatic heterocycles. The van der Waals surface area contributed by atoms with Gasteiger partial charge in [-0.2, -0.15) is 5.10 Å². The molecule has 0 atom stereocenters. The van der Waals surface area contributed by atoms with E-state index in [1.807, 2.05) is 0 Å². The van der Waals surface area contributed by atoms with E-state index in [1.165, 1.54) is 42.9 Å². The number of nitro benzene ring substituents is 1. The molecule has 0 saturated carbocycles. The second-order valence-corrected chi connectivity index (χ2v) is 6.97. The van der Waals surface area contributed by atoms with Crippen molar-refractivity contribution in [3.05, 3.63) is 63.0 Å². The molecule has 10 nitrogen and oxygen atoms in total. The molecule has 0 spiro atoms. The molecule has 154 valence electrons. The lowest BCUT2D eigenvalue weighted by atomic mass is 10.2. The number of hydrogen-bond donors (Lipinski definition) is 2. The van der Waals surface area contributed by atoms with Crippen molar-refractivity contribution in [3.63, 3.8) is 0 Å². The number of nitro groups is 1. The molecule has 2 aromatic carbocycles. The fourth-order valence-electron chi connectivity index (χ4n) is 2.50. The van der Waals surface area contributed by atoms with Crippen LogP contribution in [-0.2, 0) is 4.79 Å². The van der Waals surface area contributed by atoms with E-state index in [9.17, 15) is 19.7 Å². The van der Waals surface area contributed by atoms with Crippen molar-refractivity contribution >= 4 is 45.2 Å². The number of carboxylic acids is 1. The lowest BCUT2D eigenvalue weighted by Crippen LogP contribution is -2.16. The Kier molecular flexibility index (Phi) is 6.23. The predicted molar refractivity (Wildman–Crippen MR) is 110 cm³/mol. The smallest absolute Gasteiger partial charge is 0.341 e. The molecule has 30 heavy (non-hydrogen) atoms. The van der Waals surface area contributed by atoms with Gasteiger partial charge in [0.05, 0.1) is 23.1 Å². The molecule has 0 saturated heterocycles. The summed E-state index contributed by atoms with van der Waals surface area (Å²) in [7, 11) is 1.41. The Labute approximate surface area is 173 Å². The third-order valence-electron chi connectivity index (χ3n) is 3.85. The highest BCUT2D eigenvalue weighted by Crippen LogP contribution is 2.29. The molecule has 0 aliphatic rings. The Morgan fingerprint density at radius 1 is 1.23 bits per heavy atom. The summed E-state index contributed by atoms with van der Waals surface area (Å²) < 4.78 is 11.0. The molecule has 0 radical (unpaired) electrons. The summed E-state index contributed by atoms with van der Waals surface area (Å²) in [5.74, 6) is -0.984. The summed E-state index contributed by atoms with van der Waals surface area (Å²) in [4.78, 5) is 33.6. The second-order valence-electron chi connectivity index (χ2n) is 5.88. The number of amides is 1.